The van der Waals surface area contributed by atoms with Crippen LogP contribution in [0.5, 0.6) is 5.75 Å². The molecule has 0 amide bonds. The quantitative estimate of drug-likeness (QED) is 0.712. The number of nitrogens with zero attached hydrogens (tertiary/aromatic N) is 2. The predicted octanol–water partition coefficient (Wildman–Crippen LogP) is 4.58. The molecule has 0 bridgehead atoms. The van der Waals surface area contributed by atoms with Gasteiger partial charge in [0, 0.05) is 11.2 Å². The van der Waals surface area contributed by atoms with Crippen LogP contribution in [0.1, 0.15) is 29.5 Å². The van der Waals surface area contributed by atoms with Gasteiger partial charge in [0.05, 0.1) is 17.0 Å². The minimum Gasteiger partial charge on any atom is -0.490 e. The molecule has 0 aromatic heterocycles. The molecule has 1 atom stereocenters. The van der Waals surface area contributed by atoms with Crippen molar-refractivity contribution < 1.29 is 4.74 Å². The molecule has 3 nitrogen and oxygen atoms in total. The second-order valence-corrected chi connectivity index (χ2v) is 6.59. The Morgan fingerprint density at radius 3 is 3.00 bits per heavy atom. The summed E-state index contributed by atoms with van der Waals surface area (Å²) in [6, 6.07) is 13.6. The summed E-state index contributed by atoms with van der Waals surface area (Å²) in [5, 5.41) is 9.83. The average molecular weight is 323 g/mol. The largest absolute Gasteiger partial charge is 0.490 e. The van der Waals surface area contributed by atoms with Gasteiger partial charge in [0.25, 0.3) is 0 Å². The van der Waals surface area contributed by atoms with Crippen LogP contribution in [0.4, 0.5) is 5.69 Å². The minimum atomic E-state index is -0.218. The third-order valence-electron chi connectivity index (χ3n) is 4.70. The summed E-state index contributed by atoms with van der Waals surface area (Å²) >= 11 is 6.15. The van der Waals surface area contributed by atoms with E-state index in [0.717, 1.165) is 35.7 Å². The summed E-state index contributed by atoms with van der Waals surface area (Å²) in [4.78, 5) is 4.66. The molecule has 0 N–H and O–H groups in total. The molecule has 4 heteroatoms. The molecule has 1 heterocycles. The summed E-state index contributed by atoms with van der Waals surface area (Å²) in [6.45, 7) is 0.560. The van der Waals surface area contributed by atoms with Gasteiger partial charge < -0.3 is 4.74 Å². The van der Waals surface area contributed by atoms with E-state index in [1.165, 1.54) is 11.1 Å². The maximum Gasteiger partial charge on any atom is 0.145 e. The first-order valence-corrected chi connectivity index (χ1v) is 8.09. The van der Waals surface area contributed by atoms with Crippen molar-refractivity contribution in [1.82, 2.24) is 0 Å². The normalized spacial score (nSPS) is 21.7. The molecule has 0 saturated heterocycles. The Morgan fingerprint density at radius 1 is 1.22 bits per heavy atom. The highest BCUT2D eigenvalue weighted by atomic mass is 35.5. The third-order valence-corrected chi connectivity index (χ3v) is 4.93. The highest BCUT2D eigenvalue weighted by Gasteiger charge is 2.37. The van der Waals surface area contributed by atoms with E-state index in [-0.39, 0.29) is 5.41 Å². The number of benzene rings is 2. The van der Waals surface area contributed by atoms with Gasteiger partial charge in [-0.05, 0) is 60.7 Å². The van der Waals surface area contributed by atoms with Crippen molar-refractivity contribution in [2.24, 2.45) is 4.99 Å². The second-order valence-electron chi connectivity index (χ2n) is 6.15. The smallest absolute Gasteiger partial charge is 0.145 e. The standard InChI is InChI=1S/C19H15ClN2O/c20-15-4-5-16-14(9-15)2-1-7-19(16)11-22-17-8-13(10-21)3-6-18(17)23-12-19/h3-6,8-9,11H,1-2,7,12H2/t19-/m0/s1. The first-order valence-electron chi connectivity index (χ1n) is 7.71. The van der Waals surface area contributed by atoms with Gasteiger partial charge in [-0.1, -0.05) is 17.7 Å². The monoisotopic (exact) mass is 322 g/mol. The van der Waals surface area contributed by atoms with Crippen LogP contribution < -0.4 is 4.74 Å². The van der Waals surface area contributed by atoms with Gasteiger partial charge in [-0.25, -0.2) is 0 Å². The number of hydrogen-bond donors (Lipinski definition) is 0. The molecule has 23 heavy (non-hydrogen) atoms. The van der Waals surface area contributed by atoms with E-state index < -0.39 is 0 Å². The van der Waals surface area contributed by atoms with E-state index in [1.807, 2.05) is 18.3 Å². The third kappa shape index (κ3) is 2.40. The van der Waals surface area contributed by atoms with Crippen molar-refractivity contribution >= 4 is 23.5 Å². The molecular formula is C19H15ClN2O. The van der Waals surface area contributed by atoms with Crippen molar-refractivity contribution in [2.45, 2.75) is 24.7 Å². The summed E-state index contributed by atoms with van der Waals surface area (Å²) in [5.41, 5.74) is 3.63. The van der Waals surface area contributed by atoms with Gasteiger partial charge in [-0.15, -0.1) is 0 Å². The molecule has 0 unspecified atom stereocenters. The zero-order valence-electron chi connectivity index (χ0n) is 12.6. The maximum absolute atomic E-state index is 9.05. The number of rotatable bonds is 0. The van der Waals surface area contributed by atoms with Crippen LogP contribution in [0.25, 0.3) is 0 Å². The van der Waals surface area contributed by atoms with E-state index >= 15 is 0 Å². The van der Waals surface area contributed by atoms with Gasteiger partial charge >= 0.3 is 0 Å². The molecule has 2 aromatic carbocycles. The number of hydrogen-bond acceptors (Lipinski definition) is 3. The highest BCUT2D eigenvalue weighted by Crippen LogP contribution is 2.41. The van der Waals surface area contributed by atoms with Crippen molar-refractivity contribution in [3.8, 4) is 11.8 Å². The molecule has 0 radical (unpaired) electrons. The van der Waals surface area contributed by atoms with Crippen LogP contribution in [0.3, 0.4) is 0 Å². The summed E-state index contributed by atoms with van der Waals surface area (Å²) < 4.78 is 6.06. The fourth-order valence-electron chi connectivity index (χ4n) is 3.51. The molecule has 0 fully saturated rings. The Kier molecular flexibility index (Phi) is 3.36. The van der Waals surface area contributed by atoms with Crippen LogP contribution in [-0.2, 0) is 11.8 Å². The van der Waals surface area contributed by atoms with Crippen molar-refractivity contribution in [2.75, 3.05) is 6.61 Å². The molecule has 2 aromatic rings. The van der Waals surface area contributed by atoms with E-state index in [2.05, 4.69) is 23.2 Å². The topological polar surface area (TPSA) is 45.4 Å². The summed E-state index contributed by atoms with van der Waals surface area (Å²) in [7, 11) is 0. The zero-order chi connectivity index (χ0) is 15.9. The lowest BCUT2D eigenvalue weighted by Gasteiger charge is -2.35. The lowest BCUT2D eigenvalue weighted by atomic mass is 9.71. The summed E-state index contributed by atoms with van der Waals surface area (Å²) in [6.07, 6.45) is 5.13. The van der Waals surface area contributed by atoms with E-state index in [0.29, 0.717) is 12.2 Å². The lowest BCUT2D eigenvalue weighted by molar-refractivity contribution is 0.249. The second kappa shape index (κ2) is 5.40. The number of nitriles is 1. The average Bonchev–Trinajstić information content (AvgIpc) is 2.75. The predicted molar refractivity (Wildman–Crippen MR) is 90.9 cm³/mol. The Morgan fingerprint density at radius 2 is 2.13 bits per heavy atom. The van der Waals surface area contributed by atoms with Crippen LogP contribution in [0.2, 0.25) is 5.02 Å². The lowest BCUT2D eigenvalue weighted by Crippen LogP contribution is -2.38. The maximum atomic E-state index is 9.05. The first-order chi connectivity index (χ1) is 11.2. The number of aryl methyl sites for hydroxylation is 1. The van der Waals surface area contributed by atoms with Crippen LogP contribution in [0, 0.1) is 11.3 Å². The van der Waals surface area contributed by atoms with E-state index in [1.54, 1.807) is 12.1 Å². The van der Waals surface area contributed by atoms with Gasteiger partial charge in [0.15, 0.2) is 0 Å². The summed E-state index contributed by atoms with van der Waals surface area (Å²) in [5.74, 6) is 0.734. The van der Waals surface area contributed by atoms with Crippen LogP contribution in [0.15, 0.2) is 41.4 Å². The molecule has 4 rings (SSSR count). The Labute approximate surface area is 140 Å². The highest BCUT2D eigenvalue weighted by molar-refractivity contribution is 6.30. The van der Waals surface area contributed by atoms with E-state index in [4.69, 9.17) is 21.6 Å². The fraction of sp³-hybridized carbons (Fsp3) is 0.263. The van der Waals surface area contributed by atoms with Crippen molar-refractivity contribution in [1.29, 1.82) is 5.26 Å². The molecule has 1 aliphatic carbocycles. The minimum absolute atomic E-state index is 0.218. The van der Waals surface area contributed by atoms with Crippen molar-refractivity contribution in [3.05, 3.63) is 58.1 Å². The van der Waals surface area contributed by atoms with E-state index in [9.17, 15) is 0 Å². The van der Waals surface area contributed by atoms with Gasteiger partial charge in [0.2, 0.25) is 0 Å². The Balaban J connectivity index is 1.80. The molecular weight excluding hydrogens is 308 g/mol. The van der Waals surface area contributed by atoms with Gasteiger partial charge in [0.1, 0.15) is 18.0 Å². The van der Waals surface area contributed by atoms with Gasteiger partial charge in [-0.2, -0.15) is 5.26 Å². The van der Waals surface area contributed by atoms with Gasteiger partial charge in [-0.3, -0.25) is 4.99 Å². The molecule has 1 spiro atoms. The Bertz CT molecular complexity index is 853. The van der Waals surface area contributed by atoms with Crippen LogP contribution in [-0.4, -0.2) is 12.8 Å². The molecule has 1 aliphatic heterocycles. The zero-order valence-corrected chi connectivity index (χ0v) is 13.3. The first kappa shape index (κ1) is 14.3. The number of halogens is 1. The number of fused-ring (bicyclic) bond motifs is 3. The molecule has 2 aliphatic rings. The molecule has 114 valence electrons. The van der Waals surface area contributed by atoms with Crippen LogP contribution >= 0.6 is 11.6 Å². The molecule has 0 saturated carbocycles. The Hall–Kier alpha value is -2.31. The number of ether oxygens (including phenoxy) is 1. The fourth-order valence-corrected chi connectivity index (χ4v) is 3.71. The van der Waals surface area contributed by atoms with Crippen molar-refractivity contribution in [3.63, 3.8) is 0 Å². The SMILES string of the molecule is N#Cc1ccc2c(c1)N=C[C@@]1(CCCc3cc(Cl)ccc31)CO2. The number of aliphatic imine (C=N–C) groups is 1.